The minimum Gasteiger partial charge on any atom is -0.378 e. The van der Waals surface area contributed by atoms with E-state index in [1.54, 1.807) is 24.5 Å². The monoisotopic (exact) mass is 424 g/mol. The molecule has 1 aliphatic rings. The van der Waals surface area contributed by atoms with E-state index in [1.165, 1.54) is 30.2 Å². The lowest BCUT2D eigenvalue weighted by atomic mass is 9.94. The molecule has 31 heavy (non-hydrogen) atoms. The van der Waals surface area contributed by atoms with Gasteiger partial charge in [-0.2, -0.15) is 9.78 Å². The van der Waals surface area contributed by atoms with E-state index in [0.717, 1.165) is 18.4 Å². The Morgan fingerprint density at radius 2 is 2.10 bits per heavy atom. The van der Waals surface area contributed by atoms with Crippen LogP contribution in [-0.2, 0) is 6.54 Å². The van der Waals surface area contributed by atoms with Gasteiger partial charge in [-0.3, -0.25) is 14.7 Å². The highest BCUT2D eigenvalue weighted by molar-refractivity contribution is 5.94. The molecule has 1 aliphatic carbocycles. The number of nitrogens with one attached hydrogen (secondary N) is 1. The number of nitrogens with two attached hydrogens (primary N) is 1. The molecule has 0 radical (unpaired) electrons. The van der Waals surface area contributed by atoms with Crippen LogP contribution in [0.25, 0.3) is 5.82 Å². The molecule has 3 heterocycles. The molecule has 12 nitrogen and oxygen atoms in total. The molecule has 0 spiro atoms. The second kappa shape index (κ2) is 9.43. The van der Waals surface area contributed by atoms with Gasteiger partial charge in [0.15, 0.2) is 5.69 Å². The van der Waals surface area contributed by atoms with Gasteiger partial charge in [0.25, 0.3) is 5.91 Å². The summed E-state index contributed by atoms with van der Waals surface area (Å²) in [5.74, 6) is -0.230. The molecule has 3 aromatic rings. The van der Waals surface area contributed by atoms with Gasteiger partial charge in [0, 0.05) is 25.0 Å². The van der Waals surface area contributed by atoms with Crippen molar-refractivity contribution in [3.8, 4) is 5.82 Å². The maximum atomic E-state index is 12.8. The summed E-state index contributed by atoms with van der Waals surface area (Å²) in [6.07, 6.45) is 10.7. The molecule has 3 N–H and O–H groups in total. The van der Waals surface area contributed by atoms with E-state index in [-0.39, 0.29) is 17.3 Å². The molecule has 162 valence electrons. The Morgan fingerprint density at radius 3 is 2.81 bits per heavy atom. The number of anilines is 1. The molecule has 0 aliphatic heterocycles. The number of rotatable bonds is 7. The van der Waals surface area contributed by atoms with Crippen LogP contribution in [0.1, 0.15) is 53.8 Å². The first kappa shape index (κ1) is 20.6. The largest absolute Gasteiger partial charge is 0.378 e. The molecule has 12 heteroatoms. The molecule has 1 amide bonds. The second-order valence-electron chi connectivity index (χ2n) is 7.46. The molecule has 0 atom stereocenters. The zero-order valence-corrected chi connectivity index (χ0v) is 17.2. The van der Waals surface area contributed by atoms with Gasteiger partial charge in [0.1, 0.15) is 0 Å². The van der Waals surface area contributed by atoms with E-state index < -0.39 is 5.91 Å². The maximum Gasteiger partial charge on any atom is 0.293 e. The smallest absolute Gasteiger partial charge is 0.293 e. The van der Waals surface area contributed by atoms with Gasteiger partial charge >= 0.3 is 0 Å². The molecule has 3 aromatic heterocycles. The molecule has 0 saturated heterocycles. The molecular weight excluding hydrogens is 400 g/mol. The molecule has 0 bridgehead atoms. The van der Waals surface area contributed by atoms with E-state index in [9.17, 15) is 4.79 Å². The predicted molar refractivity (Wildman–Crippen MR) is 111 cm³/mol. The average molecular weight is 424 g/mol. The fourth-order valence-electron chi connectivity index (χ4n) is 3.68. The topological polar surface area (TPSA) is 153 Å². The number of hydrogen-bond donors (Lipinski definition) is 2. The van der Waals surface area contributed by atoms with Crippen molar-refractivity contribution in [2.24, 2.45) is 5.10 Å². The number of amides is 1. The van der Waals surface area contributed by atoms with Crippen LogP contribution in [-0.4, -0.2) is 60.4 Å². The number of nitrogens with zero attached hydrogens (tertiary/aromatic N) is 8. The van der Waals surface area contributed by atoms with E-state index >= 15 is 0 Å². The Balaban J connectivity index is 1.57. The van der Waals surface area contributed by atoms with Crippen molar-refractivity contribution < 1.29 is 9.42 Å². The van der Waals surface area contributed by atoms with Gasteiger partial charge < -0.3 is 5.73 Å². The van der Waals surface area contributed by atoms with Crippen LogP contribution in [0.5, 0.6) is 0 Å². The Hall–Kier alpha value is -3.67. The minimum absolute atomic E-state index is 0.0640. The van der Waals surface area contributed by atoms with E-state index in [1.807, 2.05) is 7.05 Å². The lowest BCUT2D eigenvalue weighted by Crippen LogP contribution is -2.34. The summed E-state index contributed by atoms with van der Waals surface area (Å²) in [5, 5.41) is 19.6. The molecule has 4 rings (SSSR count). The van der Waals surface area contributed by atoms with Crippen LogP contribution in [0.15, 0.2) is 34.3 Å². The SMILES string of the molecule is CN(Cc1c(C(=O)NN=Cc2ccncc2)nnn1-c1nonc1N)C1CCCCC1. The van der Waals surface area contributed by atoms with Crippen LogP contribution in [0, 0.1) is 0 Å². The Labute approximate surface area is 178 Å². The molecular formula is C19H24N10O2. The first-order valence-corrected chi connectivity index (χ1v) is 10.1. The zero-order valence-electron chi connectivity index (χ0n) is 17.2. The van der Waals surface area contributed by atoms with E-state index in [2.05, 4.69) is 41.0 Å². The van der Waals surface area contributed by atoms with Gasteiger partial charge in [0.05, 0.1) is 11.9 Å². The Morgan fingerprint density at radius 1 is 1.32 bits per heavy atom. The number of nitrogen functional groups attached to an aromatic ring is 1. The lowest BCUT2D eigenvalue weighted by molar-refractivity contribution is 0.0947. The van der Waals surface area contributed by atoms with Crippen LogP contribution >= 0.6 is 0 Å². The van der Waals surface area contributed by atoms with Crippen LogP contribution in [0.3, 0.4) is 0 Å². The Kier molecular flexibility index (Phi) is 6.26. The molecule has 0 aromatic carbocycles. The highest BCUT2D eigenvalue weighted by Crippen LogP contribution is 2.24. The van der Waals surface area contributed by atoms with Crippen molar-refractivity contribution in [3.63, 3.8) is 0 Å². The fraction of sp³-hybridized carbons (Fsp3) is 0.421. The fourth-order valence-corrected chi connectivity index (χ4v) is 3.68. The van der Waals surface area contributed by atoms with Crippen molar-refractivity contribution in [3.05, 3.63) is 41.5 Å². The average Bonchev–Trinajstić information content (AvgIpc) is 3.40. The first-order chi connectivity index (χ1) is 15.1. The van der Waals surface area contributed by atoms with Crippen molar-refractivity contribution in [2.75, 3.05) is 12.8 Å². The first-order valence-electron chi connectivity index (χ1n) is 10.1. The third kappa shape index (κ3) is 4.74. The molecule has 1 fully saturated rings. The van der Waals surface area contributed by atoms with Crippen LogP contribution in [0.4, 0.5) is 5.82 Å². The van der Waals surface area contributed by atoms with Crippen LogP contribution < -0.4 is 11.2 Å². The predicted octanol–water partition coefficient (Wildman–Crippen LogP) is 1.16. The number of pyridine rings is 1. The summed E-state index contributed by atoms with van der Waals surface area (Å²) in [6.45, 7) is 0.431. The number of carbonyl (C=O) groups is 1. The summed E-state index contributed by atoms with van der Waals surface area (Å²) in [6, 6.07) is 3.97. The van der Waals surface area contributed by atoms with E-state index in [0.29, 0.717) is 18.3 Å². The normalized spacial score (nSPS) is 15.0. The summed E-state index contributed by atoms with van der Waals surface area (Å²) in [5.41, 5.74) is 9.82. The number of aromatic nitrogens is 6. The number of hydrazone groups is 1. The van der Waals surface area contributed by atoms with Crippen LogP contribution in [0.2, 0.25) is 0 Å². The third-order valence-corrected chi connectivity index (χ3v) is 5.36. The number of carbonyl (C=O) groups excluding carboxylic acids is 1. The zero-order chi connectivity index (χ0) is 21.6. The summed E-state index contributed by atoms with van der Waals surface area (Å²) >= 11 is 0. The summed E-state index contributed by atoms with van der Waals surface area (Å²) in [4.78, 5) is 19.0. The van der Waals surface area contributed by atoms with Crippen molar-refractivity contribution >= 4 is 17.9 Å². The maximum absolute atomic E-state index is 12.8. The summed E-state index contributed by atoms with van der Waals surface area (Å²) < 4.78 is 6.10. The third-order valence-electron chi connectivity index (χ3n) is 5.36. The standard InChI is InChI=1S/C19H24N10O2/c1-28(14-5-3-2-4-6-14)12-15-16(23-27-29(15)18-17(20)25-31-26-18)19(30)24-22-11-13-7-9-21-10-8-13/h7-11,14H,2-6,12H2,1H3,(H2,20,25)(H,24,30). The van der Waals surface area contributed by atoms with Gasteiger partial charge in [-0.25, -0.2) is 10.1 Å². The van der Waals surface area contributed by atoms with Gasteiger partial charge in [-0.1, -0.05) is 24.5 Å². The lowest BCUT2D eigenvalue weighted by Gasteiger charge is -2.31. The second-order valence-corrected chi connectivity index (χ2v) is 7.46. The summed E-state index contributed by atoms with van der Waals surface area (Å²) in [7, 11) is 2.03. The highest BCUT2D eigenvalue weighted by Gasteiger charge is 2.27. The van der Waals surface area contributed by atoms with Gasteiger partial charge in [-0.15, -0.1) is 5.10 Å². The van der Waals surface area contributed by atoms with Crippen molar-refractivity contribution in [2.45, 2.75) is 44.7 Å². The highest BCUT2D eigenvalue weighted by atomic mass is 16.6. The van der Waals surface area contributed by atoms with Crippen molar-refractivity contribution in [1.82, 2.24) is 40.6 Å². The van der Waals surface area contributed by atoms with Gasteiger partial charge in [0.2, 0.25) is 11.6 Å². The molecule has 1 saturated carbocycles. The van der Waals surface area contributed by atoms with Crippen molar-refractivity contribution in [1.29, 1.82) is 0 Å². The minimum atomic E-state index is -0.487. The quantitative estimate of drug-likeness (QED) is 0.420. The van der Waals surface area contributed by atoms with Gasteiger partial charge in [-0.05, 0) is 47.9 Å². The van der Waals surface area contributed by atoms with E-state index in [4.69, 9.17) is 10.4 Å². The molecule has 0 unspecified atom stereocenters. The number of hydrogen-bond acceptors (Lipinski definition) is 10. The Bertz CT molecular complexity index is 1040.